The van der Waals surface area contributed by atoms with Gasteiger partial charge < -0.3 is 25.2 Å². The number of nitrogens with zero attached hydrogens (tertiary/aromatic N) is 5. The zero-order chi connectivity index (χ0) is 47.0. The molecule has 2 saturated heterocycles. The summed E-state index contributed by atoms with van der Waals surface area (Å²) in [6, 6.07) is 31.7. The molecule has 4 heterocycles. The van der Waals surface area contributed by atoms with Gasteiger partial charge in [-0.05, 0) is 70.6 Å². The fourth-order valence-corrected chi connectivity index (χ4v) is 10.00. The number of methoxy groups -OCH3 is 1. The second-order valence-electron chi connectivity index (χ2n) is 17.0. The minimum atomic E-state index is -2.09. The highest BCUT2D eigenvalue weighted by molar-refractivity contribution is 6.25. The largest absolute Gasteiger partial charge is 0.508 e. The van der Waals surface area contributed by atoms with E-state index in [1.54, 1.807) is 48.9 Å². The van der Waals surface area contributed by atoms with E-state index in [0.29, 0.717) is 22.2 Å². The molecule has 6 aromatic rings. The van der Waals surface area contributed by atoms with Crippen LogP contribution in [-0.2, 0) is 40.6 Å². The summed E-state index contributed by atoms with van der Waals surface area (Å²) in [4.78, 5) is 77.7. The number of ether oxygens (including phenoxy) is 2. The normalized spacial score (nSPS) is 22.3. The van der Waals surface area contributed by atoms with E-state index in [-0.39, 0.29) is 30.1 Å². The van der Waals surface area contributed by atoms with E-state index in [4.69, 9.17) is 9.47 Å². The van der Waals surface area contributed by atoms with Crippen LogP contribution >= 0.6 is 0 Å². The zero-order valence-corrected chi connectivity index (χ0v) is 36.9. The molecular formula is C52H47N7O8. The number of phenols is 1. The minimum Gasteiger partial charge on any atom is -0.508 e. The monoisotopic (exact) mass is 897 g/mol. The maximum Gasteiger partial charge on any atom is 0.329 e. The molecule has 1 spiro atoms. The van der Waals surface area contributed by atoms with E-state index in [1.165, 1.54) is 25.3 Å². The number of urea groups is 1. The number of nitrogens with one attached hydrogen (secondary N) is 2. The molecule has 3 N–H and O–H groups in total. The van der Waals surface area contributed by atoms with Crippen LogP contribution in [0.5, 0.6) is 5.75 Å². The van der Waals surface area contributed by atoms with Crippen molar-refractivity contribution in [1.29, 1.82) is 0 Å². The van der Waals surface area contributed by atoms with Gasteiger partial charge in [0, 0.05) is 12.1 Å². The molecule has 4 amide bonds. The van der Waals surface area contributed by atoms with Gasteiger partial charge in [0.05, 0.1) is 36.3 Å². The van der Waals surface area contributed by atoms with Gasteiger partial charge in [-0.15, -0.1) is 11.7 Å². The average molecular weight is 898 g/mol. The van der Waals surface area contributed by atoms with E-state index in [1.807, 2.05) is 89.8 Å². The van der Waals surface area contributed by atoms with Gasteiger partial charge in [-0.1, -0.05) is 122 Å². The molecule has 0 radical (unpaired) electrons. The molecule has 7 atom stereocenters. The van der Waals surface area contributed by atoms with Gasteiger partial charge in [0.1, 0.15) is 41.4 Å². The second-order valence-corrected chi connectivity index (χ2v) is 17.0. The summed E-state index contributed by atoms with van der Waals surface area (Å²) in [6.45, 7) is 7.39. The molecule has 15 heteroatoms. The number of carbonyl (C=O) groups excluding carboxylic acids is 5. The van der Waals surface area contributed by atoms with Gasteiger partial charge in [-0.2, -0.15) is 0 Å². The number of phenolic OH excluding ortho intramolecular Hbond substituents is 1. The Morgan fingerprint density at radius 2 is 1.58 bits per heavy atom. The Hall–Kier alpha value is -8.09. The van der Waals surface area contributed by atoms with Crippen molar-refractivity contribution >= 4 is 46.5 Å². The topological polar surface area (TPSA) is 185 Å². The van der Waals surface area contributed by atoms with Crippen LogP contribution in [0.25, 0.3) is 11.0 Å². The summed E-state index contributed by atoms with van der Waals surface area (Å²) in [5, 5.41) is 24.8. The Bertz CT molecular complexity index is 2960. The number of benzene rings is 5. The lowest BCUT2D eigenvalue weighted by Crippen LogP contribution is -2.57. The van der Waals surface area contributed by atoms with Crippen molar-refractivity contribution in [2.24, 2.45) is 11.8 Å². The average Bonchev–Trinajstić information content (AvgIpc) is 3.99. The first-order valence-electron chi connectivity index (χ1n) is 21.9. The number of esters is 2. The number of imide groups is 1. The molecular weight excluding hydrogens is 851 g/mol. The number of aromatic nitrogens is 3. The predicted molar refractivity (Wildman–Crippen MR) is 247 cm³/mol. The Balaban J connectivity index is 1.32. The van der Waals surface area contributed by atoms with E-state index in [2.05, 4.69) is 39.4 Å². The highest BCUT2D eigenvalue weighted by Gasteiger charge is 2.75. The van der Waals surface area contributed by atoms with Crippen molar-refractivity contribution in [1.82, 2.24) is 30.5 Å². The number of hydrogen-bond donors (Lipinski definition) is 3. The molecule has 9 rings (SSSR count). The summed E-state index contributed by atoms with van der Waals surface area (Å²) in [6.07, 6.45) is 0.549. The smallest absolute Gasteiger partial charge is 0.329 e. The van der Waals surface area contributed by atoms with Crippen LogP contribution in [0, 0.1) is 23.7 Å². The number of hydrogen-bond acceptors (Lipinski definition) is 11. The first-order valence-corrected chi connectivity index (χ1v) is 21.9. The Morgan fingerprint density at radius 3 is 2.27 bits per heavy atom. The third-order valence-electron chi connectivity index (χ3n) is 12.9. The van der Waals surface area contributed by atoms with Crippen molar-refractivity contribution in [2.75, 3.05) is 18.6 Å². The molecule has 0 aliphatic carbocycles. The van der Waals surface area contributed by atoms with Crippen LogP contribution in [0.3, 0.4) is 0 Å². The number of cyclic esters (lactones) is 1. The second kappa shape index (κ2) is 18.1. The third-order valence-corrected chi connectivity index (χ3v) is 12.9. The molecule has 15 nitrogen and oxygen atoms in total. The van der Waals surface area contributed by atoms with Crippen LogP contribution in [0.2, 0.25) is 0 Å². The lowest BCUT2D eigenvalue weighted by molar-refractivity contribution is -0.178. The number of aromatic hydroxyl groups is 1. The summed E-state index contributed by atoms with van der Waals surface area (Å²) in [7, 11) is 1.21. The molecule has 3 aliphatic rings. The molecule has 67 heavy (non-hydrogen) atoms. The molecule has 2 fully saturated rings. The van der Waals surface area contributed by atoms with Gasteiger partial charge >= 0.3 is 18.0 Å². The van der Waals surface area contributed by atoms with E-state index in [9.17, 15) is 14.7 Å². The molecule has 0 bridgehead atoms. The third kappa shape index (κ3) is 7.54. The molecule has 0 unspecified atom stereocenters. The number of anilines is 1. The summed E-state index contributed by atoms with van der Waals surface area (Å²) < 4.78 is 13.2. The fraction of sp³-hybridized carbons (Fsp3) is 0.250. The maximum atomic E-state index is 16.4. The van der Waals surface area contributed by atoms with Crippen LogP contribution in [-0.4, -0.2) is 80.5 Å². The lowest BCUT2D eigenvalue weighted by Gasteiger charge is -2.46. The summed E-state index contributed by atoms with van der Waals surface area (Å²) >= 11 is 0. The molecule has 1 aromatic heterocycles. The number of fused-ring (bicyclic) bond motifs is 4. The SMILES string of the molecule is C=CCNC(=O)[C@@H]1[C@H]2C(=O)O[C@H](c3ccccc3)[C@H](c3ccccc3)N2[C@H](c2ccc(O)cc2)[C@@]12C(=O)N(C(=O)N[C@H](C(=O)OC)C(C)C)c1ccc(C#CCn3nnc4ccccc43)cc12. The van der Waals surface area contributed by atoms with Gasteiger partial charge in [-0.25, -0.2) is 19.2 Å². The standard InChI is InChI=1S/C52H47N7O8/c1-5-28-53-47(61)41-44-49(63)67-45(34-18-10-7-11-19-34)43(33-16-8-6-9-17-33)59(44)46(35-23-25-36(60)26-24-35)52(41)37-30-32(15-14-29-57-40-21-13-12-20-38(40)55-56-57)22-27-39(37)58(50(52)64)51(65)54-42(31(2)3)48(62)66-4/h5-13,16-27,30-31,41-46,60H,1,28-29H2,2-4H3,(H,53,61)(H,54,65)/t41-,42-,43-,44-,45+,46+,52-/m0/s1. The zero-order valence-electron chi connectivity index (χ0n) is 36.9. The summed E-state index contributed by atoms with van der Waals surface area (Å²) in [5.74, 6) is 1.29. The van der Waals surface area contributed by atoms with Crippen molar-refractivity contribution in [3.8, 4) is 17.6 Å². The number of morpholine rings is 1. The predicted octanol–water partition coefficient (Wildman–Crippen LogP) is 6.06. The molecule has 5 aromatic carbocycles. The van der Waals surface area contributed by atoms with Crippen LogP contribution < -0.4 is 15.5 Å². The first-order chi connectivity index (χ1) is 32.5. The van der Waals surface area contributed by atoms with Gasteiger partial charge in [0.15, 0.2) is 0 Å². The number of rotatable bonds is 10. The van der Waals surface area contributed by atoms with E-state index < -0.39 is 77.3 Å². The molecule has 0 saturated carbocycles. The summed E-state index contributed by atoms with van der Waals surface area (Å²) in [5.41, 5.74) is 2.00. The van der Waals surface area contributed by atoms with Gasteiger partial charge in [-0.3, -0.25) is 19.3 Å². The minimum absolute atomic E-state index is 0.0191. The molecule has 3 aliphatic heterocycles. The highest BCUT2D eigenvalue weighted by Crippen LogP contribution is 2.66. The number of carbonyl (C=O) groups is 5. The van der Waals surface area contributed by atoms with Gasteiger partial charge in [0.2, 0.25) is 11.8 Å². The van der Waals surface area contributed by atoms with Crippen LogP contribution in [0.1, 0.15) is 59.9 Å². The van der Waals surface area contributed by atoms with E-state index in [0.717, 1.165) is 16.0 Å². The van der Waals surface area contributed by atoms with Crippen molar-refractivity contribution in [3.05, 3.63) is 168 Å². The van der Waals surface area contributed by atoms with Crippen LogP contribution in [0.4, 0.5) is 10.5 Å². The fourth-order valence-electron chi connectivity index (χ4n) is 10.00. The lowest BCUT2D eigenvalue weighted by atomic mass is 9.65. The Kier molecular flexibility index (Phi) is 11.9. The van der Waals surface area contributed by atoms with Gasteiger partial charge in [0.25, 0.3) is 0 Å². The van der Waals surface area contributed by atoms with Crippen LogP contribution in [0.15, 0.2) is 140 Å². The van der Waals surface area contributed by atoms with Crippen molar-refractivity contribution in [3.63, 3.8) is 0 Å². The van der Waals surface area contributed by atoms with Crippen molar-refractivity contribution < 1.29 is 38.6 Å². The molecule has 338 valence electrons. The number of para-hydroxylation sites is 1. The number of amides is 4. The highest BCUT2D eigenvalue weighted by atomic mass is 16.6. The quantitative estimate of drug-likeness (QED) is 0.0825. The first kappa shape index (κ1) is 44.1. The maximum absolute atomic E-state index is 16.4. The Labute approximate surface area is 386 Å². The van der Waals surface area contributed by atoms with E-state index >= 15 is 14.4 Å². The van der Waals surface area contributed by atoms with Crippen molar-refractivity contribution in [2.45, 2.75) is 56.1 Å². The Morgan fingerprint density at radius 1 is 0.896 bits per heavy atom.